The molecular formula is C31H26FN3O3S. The highest BCUT2D eigenvalue weighted by molar-refractivity contribution is 7.99. The Morgan fingerprint density at radius 1 is 1.08 bits per heavy atom. The molecule has 0 N–H and O–H groups in total. The maximum Gasteiger partial charge on any atom is 0.307 e. The molecule has 8 heteroatoms. The molecule has 6 nitrogen and oxygen atoms in total. The van der Waals surface area contributed by atoms with E-state index in [4.69, 9.17) is 4.74 Å². The minimum atomic E-state index is -0.298. The molecule has 39 heavy (non-hydrogen) atoms. The van der Waals surface area contributed by atoms with Crippen LogP contribution in [0.25, 0.3) is 22.0 Å². The fourth-order valence-corrected chi connectivity index (χ4v) is 6.46. The first-order valence-corrected chi connectivity index (χ1v) is 13.9. The second-order valence-electron chi connectivity index (χ2n) is 9.41. The molecule has 3 aromatic heterocycles. The summed E-state index contributed by atoms with van der Waals surface area (Å²) in [5.74, 6) is 0.122. The average Bonchev–Trinajstić information content (AvgIpc) is 3.66. The number of benzene rings is 2. The maximum atomic E-state index is 14.1. The Hall–Kier alpha value is -4.17. The number of carbonyl (C=O) groups is 2. The molecule has 0 aliphatic carbocycles. The van der Waals surface area contributed by atoms with E-state index in [9.17, 15) is 14.0 Å². The number of fused-ring (bicyclic) bond motifs is 2. The molecule has 1 atom stereocenters. The van der Waals surface area contributed by atoms with Gasteiger partial charge < -0.3 is 13.9 Å². The lowest BCUT2D eigenvalue weighted by molar-refractivity contribution is -0.143. The van der Waals surface area contributed by atoms with Crippen LogP contribution in [0.1, 0.15) is 45.8 Å². The molecule has 2 aromatic carbocycles. The first-order chi connectivity index (χ1) is 19.0. The van der Waals surface area contributed by atoms with Crippen molar-refractivity contribution in [2.24, 2.45) is 0 Å². The topological polar surface area (TPSA) is 66.1 Å². The summed E-state index contributed by atoms with van der Waals surface area (Å²) in [6.45, 7) is 2.47. The van der Waals surface area contributed by atoms with Gasteiger partial charge in [0.1, 0.15) is 5.82 Å². The number of halogens is 1. The van der Waals surface area contributed by atoms with Gasteiger partial charge in [-0.25, -0.2) is 4.39 Å². The first kappa shape index (κ1) is 25.1. The summed E-state index contributed by atoms with van der Waals surface area (Å²) in [5.41, 5.74) is 5.89. The Kier molecular flexibility index (Phi) is 6.79. The smallest absolute Gasteiger partial charge is 0.307 e. The van der Waals surface area contributed by atoms with Crippen molar-refractivity contribution in [2.75, 3.05) is 6.61 Å². The van der Waals surface area contributed by atoms with Crippen LogP contribution in [0.5, 0.6) is 0 Å². The molecule has 0 saturated heterocycles. The van der Waals surface area contributed by atoms with Crippen molar-refractivity contribution in [1.82, 2.24) is 14.1 Å². The van der Waals surface area contributed by atoms with E-state index in [1.54, 1.807) is 37.0 Å². The van der Waals surface area contributed by atoms with E-state index < -0.39 is 0 Å². The standard InChI is InChI=1S/C31H26FN3O3S/c1-2-38-28(36)12-15-34-18-26(24-10-7-21(16-27(24)34)20-5-8-23(32)9-6-20)30(37)25-11-14-35-19-39-31(29(25)35)22-4-3-13-33-17-22/h3-11,13-14,16-18,31H,2,12,15,19H2,1H3. The normalized spacial score (nSPS) is 14.5. The molecule has 6 rings (SSSR count). The second kappa shape index (κ2) is 10.5. The van der Waals surface area contributed by atoms with Gasteiger partial charge in [0.2, 0.25) is 0 Å². The summed E-state index contributed by atoms with van der Waals surface area (Å²) in [6, 6.07) is 18.0. The first-order valence-electron chi connectivity index (χ1n) is 12.8. The molecule has 0 radical (unpaired) electrons. The third-order valence-corrected chi connectivity index (χ3v) is 8.29. The van der Waals surface area contributed by atoms with Crippen LogP contribution in [0.2, 0.25) is 0 Å². The lowest BCUT2D eigenvalue weighted by atomic mass is 9.98. The summed E-state index contributed by atoms with van der Waals surface area (Å²) in [7, 11) is 0. The van der Waals surface area contributed by atoms with E-state index in [2.05, 4.69) is 9.55 Å². The zero-order valence-corrected chi connectivity index (χ0v) is 22.2. The van der Waals surface area contributed by atoms with Gasteiger partial charge in [-0.1, -0.05) is 30.3 Å². The van der Waals surface area contributed by atoms with E-state index in [-0.39, 0.29) is 29.2 Å². The highest BCUT2D eigenvalue weighted by atomic mass is 32.2. The van der Waals surface area contributed by atoms with Gasteiger partial charge in [-0.15, -0.1) is 11.8 Å². The van der Waals surface area contributed by atoms with Crippen molar-refractivity contribution in [3.8, 4) is 11.1 Å². The molecule has 1 aliphatic heterocycles. The molecule has 0 bridgehead atoms. The van der Waals surface area contributed by atoms with Crippen LogP contribution in [0.3, 0.4) is 0 Å². The summed E-state index contributed by atoms with van der Waals surface area (Å²) < 4.78 is 22.7. The summed E-state index contributed by atoms with van der Waals surface area (Å²) in [4.78, 5) is 30.6. The molecule has 196 valence electrons. The number of pyridine rings is 1. The van der Waals surface area contributed by atoms with Crippen LogP contribution in [0, 0.1) is 5.82 Å². The third kappa shape index (κ3) is 4.76. The average molecular weight is 540 g/mol. The van der Waals surface area contributed by atoms with E-state index in [0.29, 0.717) is 24.3 Å². The van der Waals surface area contributed by atoms with Crippen molar-refractivity contribution in [3.63, 3.8) is 0 Å². The Morgan fingerprint density at radius 3 is 2.67 bits per heavy atom. The lowest BCUT2D eigenvalue weighted by Gasteiger charge is -2.11. The number of carbonyl (C=O) groups excluding carboxylic acids is 2. The van der Waals surface area contributed by atoms with Gasteiger partial charge in [-0.2, -0.15) is 0 Å². The molecule has 4 heterocycles. The number of rotatable bonds is 8. The number of aryl methyl sites for hydroxylation is 1. The van der Waals surface area contributed by atoms with Gasteiger partial charge in [0, 0.05) is 59.1 Å². The summed E-state index contributed by atoms with van der Waals surface area (Å²) in [6.07, 6.45) is 7.60. The van der Waals surface area contributed by atoms with Crippen LogP contribution in [-0.2, 0) is 22.0 Å². The molecular weight excluding hydrogens is 513 g/mol. The minimum Gasteiger partial charge on any atom is -0.466 e. The van der Waals surface area contributed by atoms with E-state index in [1.807, 2.05) is 59.6 Å². The minimum absolute atomic E-state index is 0.0230. The number of thioether (sulfide) groups is 1. The van der Waals surface area contributed by atoms with Crippen molar-refractivity contribution in [3.05, 3.63) is 114 Å². The lowest BCUT2D eigenvalue weighted by Crippen LogP contribution is -2.09. The van der Waals surface area contributed by atoms with Crippen LogP contribution >= 0.6 is 11.8 Å². The quantitative estimate of drug-likeness (QED) is 0.164. The van der Waals surface area contributed by atoms with Crippen LogP contribution in [0.15, 0.2) is 85.5 Å². The summed E-state index contributed by atoms with van der Waals surface area (Å²) in [5, 5.41) is 0.827. The fraction of sp³-hybridized carbons (Fsp3) is 0.194. The zero-order valence-electron chi connectivity index (χ0n) is 21.3. The van der Waals surface area contributed by atoms with Crippen LogP contribution in [0.4, 0.5) is 4.39 Å². The number of esters is 1. The van der Waals surface area contributed by atoms with E-state index in [1.165, 1.54) is 12.1 Å². The van der Waals surface area contributed by atoms with E-state index in [0.717, 1.165) is 39.2 Å². The fourth-order valence-electron chi connectivity index (χ4n) is 5.17. The van der Waals surface area contributed by atoms with Gasteiger partial charge >= 0.3 is 5.97 Å². The van der Waals surface area contributed by atoms with Gasteiger partial charge in [0.15, 0.2) is 5.78 Å². The molecule has 1 unspecified atom stereocenters. The van der Waals surface area contributed by atoms with Crippen molar-refractivity contribution >= 4 is 34.4 Å². The van der Waals surface area contributed by atoms with Crippen molar-refractivity contribution in [2.45, 2.75) is 31.0 Å². The van der Waals surface area contributed by atoms with E-state index >= 15 is 0 Å². The van der Waals surface area contributed by atoms with Crippen LogP contribution < -0.4 is 0 Å². The molecule has 0 saturated carbocycles. The number of hydrogen-bond donors (Lipinski definition) is 0. The Labute approximate surface area is 229 Å². The number of hydrogen-bond acceptors (Lipinski definition) is 5. The Bertz CT molecular complexity index is 1680. The summed E-state index contributed by atoms with van der Waals surface area (Å²) >= 11 is 1.77. The molecule has 0 spiro atoms. The van der Waals surface area contributed by atoms with Gasteiger partial charge in [-0.3, -0.25) is 14.6 Å². The molecule has 1 aliphatic rings. The SMILES string of the molecule is CCOC(=O)CCn1cc(C(=O)c2ccn3c2C(c2cccnc2)SC3)c2ccc(-c3ccc(F)cc3)cc21. The number of ether oxygens (including phenoxy) is 1. The van der Waals surface area contributed by atoms with Crippen LogP contribution in [-0.4, -0.2) is 32.5 Å². The maximum absolute atomic E-state index is 14.1. The number of aromatic nitrogens is 3. The predicted octanol–water partition coefficient (Wildman–Crippen LogP) is 6.62. The highest BCUT2D eigenvalue weighted by Crippen LogP contribution is 2.45. The van der Waals surface area contributed by atoms with Gasteiger partial charge in [0.25, 0.3) is 0 Å². The molecule has 0 amide bonds. The Morgan fingerprint density at radius 2 is 1.90 bits per heavy atom. The van der Waals surface area contributed by atoms with Gasteiger partial charge in [0.05, 0.1) is 24.2 Å². The predicted molar refractivity (Wildman–Crippen MR) is 150 cm³/mol. The Balaban J connectivity index is 1.42. The zero-order chi connectivity index (χ0) is 26.9. The second-order valence-corrected chi connectivity index (χ2v) is 10.5. The monoisotopic (exact) mass is 539 g/mol. The molecule has 0 fully saturated rings. The highest BCUT2D eigenvalue weighted by Gasteiger charge is 2.31. The van der Waals surface area contributed by atoms with Crippen molar-refractivity contribution < 1.29 is 18.7 Å². The third-order valence-electron chi connectivity index (χ3n) is 7.03. The van der Waals surface area contributed by atoms with Crippen molar-refractivity contribution in [1.29, 1.82) is 0 Å². The largest absolute Gasteiger partial charge is 0.466 e. The molecule has 5 aromatic rings. The number of ketones is 1. The number of nitrogens with zero attached hydrogens (tertiary/aromatic N) is 3. The van der Waals surface area contributed by atoms with Gasteiger partial charge in [-0.05, 0) is 53.9 Å².